The van der Waals surface area contributed by atoms with Gasteiger partial charge in [0.15, 0.2) is 0 Å². The van der Waals surface area contributed by atoms with Crippen molar-refractivity contribution in [3.63, 3.8) is 0 Å². The van der Waals surface area contributed by atoms with Crippen LogP contribution in [-0.4, -0.2) is 30.0 Å². The van der Waals surface area contributed by atoms with Gasteiger partial charge in [-0.2, -0.15) is 5.26 Å². The summed E-state index contributed by atoms with van der Waals surface area (Å²) in [6.07, 6.45) is -0.415. The lowest BCUT2D eigenvalue weighted by Gasteiger charge is -2.43. The maximum absolute atomic E-state index is 13.8. The second-order valence-corrected chi connectivity index (χ2v) is 7.94. The first-order chi connectivity index (χ1) is 12.8. The molecule has 3 rings (SSSR count). The average Bonchev–Trinajstić information content (AvgIpc) is 2.66. The number of ether oxygens (including phenoxy) is 1. The van der Waals surface area contributed by atoms with E-state index in [0.29, 0.717) is 13.1 Å². The van der Waals surface area contributed by atoms with Crippen LogP contribution >= 0.6 is 0 Å². The molecule has 0 bridgehead atoms. The summed E-state index contributed by atoms with van der Waals surface area (Å²) in [5, 5.41) is 9.06. The predicted molar refractivity (Wildman–Crippen MR) is 101 cm³/mol. The van der Waals surface area contributed by atoms with Crippen molar-refractivity contribution in [2.75, 3.05) is 13.1 Å². The van der Waals surface area contributed by atoms with E-state index in [1.54, 1.807) is 4.90 Å². The molecular weight excluding hydrogens is 343 g/mol. The van der Waals surface area contributed by atoms with E-state index < -0.39 is 5.82 Å². The van der Waals surface area contributed by atoms with Crippen molar-refractivity contribution in [3.05, 3.63) is 71.0 Å². The fourth-order valence-corrected chi connectivity index (χ4v) is 3.21. The highest BCUT2D eigenvalue weighted by atomic mass is 19.1. The summed E-state index contributed by atoms with van der Waals surface area (Å²) < 4.78 is 20.1. The van der Waals surface area contributed by atoms with Crippen LogP contribution < -0.4 is 0 Å². The van der Waals surface area contributed by atoms with E-state index in [1.165, 1.54) is 12.1 Å². The summed E-state index contributed by atoms with van der Waals surface area (Å²) in [4.78, 5) is 14.8. The molecule has 27 heavy (non-hydrogen) atoms. The largest absolute Gasteiger partial charge is 0.366 e. The van der Waals surface area contributed by atoms with Crippen molar-refractivity contribution in [2.24, 2.45) is 5.41 Å². The van der Waals surface area contributed by atoms with Gasteiger partial charge in [0.2, 0.25) is 0 Å². The van der Waals surface area contributed by atoms with Gasteiger partial charge in [0.05, 0.1) is 24.3 Å². The molecule has 0 radical (unpaired) electrons. The molecule has 140 valence electrons. The van der Waals surface area contributed by atoms with Gasteiger partial charge in [-0.05, 0) is 29.2 Å². The first-order valence-corrected chi connectivity index (χ1v) is 8.98. The Balaban J connectivity index is 1.92. The van der Waals surface area contributed by atoms with Crippen molar-refractivity contribution in [2.45, 2.75) is 33.0 Å². The van der Waals surface area contributed by atoms with Crippen molar-refractivity contribution in [1.82, 2.24) is 4.90 Å². The summed E-state index contributed by atoms with van der Waals surface area (Å²) in [6.45, 7) is 7.02. The van der Waals surface area contributed by atoms with E-state index in [9.17, 15) is 9.18 Å². The molecule has 0 N–H and O–H groups in total. The maximum atomic E-state index is 13.8. The molecule has 1 amide bonds. The molecule has 1 saturated heterocycles. The molecule has 0 unspecified atom stereocenters. The quantitative estimate of drug-likeness (QED) is 0.795. The van der Waals surface area contributed by atoms with E-state index in [2.05, 4.69) is 20.8 Å². The highest BCUT2D eigenvalue weighted by molar-refractivity contribution is 5.94. The Morgan fingerprint density at radius 1 is 1.19 bits per heavy atom. The first kappa shape index (κ1) is 19.1. The number of hydrogen-bond acceptors (Lipinski definition) is 3. The van der Waals surface area contributed by atoms with E-state index in [1.807, 2.05) is 36.4 Å². The SMILES string of the molecule is CC(C)(C)[C@H]1CN(C(=O)c2cc(F)cc(C#N)c2)C[C@@H](c2ccccc2)O1. The van der Waals surface area contributed by atoms with Crippen molar-refractivity contribution in [3.8, 4) is 6.07 Å². The number of rotatable bonds is 2. The Labute approximate surface area is 159 Å². The van der Waals surface area contributed by atoms with Crippen LogP contribution in [0.15, 0.2) is 48.5 Å². The Morgan fingerprint density at radius 3 is 2.52 bits per heavy atom. The van der Waals surface area contributed by atoms with E-state index in [-0.39, 0.29) is 34.7 Å². The number of benzene rings is 2. The van der Waals surface area contributed by atoms with Gasteiger partial charge in [-0.3, -0.25) is 4.79 Å². The van der Waals surface area contributed by atoms with E-state index in [4.69, 9.17) is 10.00 Å². The molecular formula is C22H23FN2O2. The fourth-order valence-electron chi connectivity index (χ4n) is 3.21. The minimum Gasteiger partial charge on any atom is -0.366 e. The highest BCUT2D eigenvalue weighted by Crippen LogP contribution is 2.34. The fraction of sp³-hybridized carbons (Fsp3) is 0.364. The zero-order valence-electron chi connectivity index (χ0n) is 15.8. The molecule has 2 atom stereocenters. The molecule has 1 fully saturated rings. The lowest BCUT2D eigenvalue weighted by atomic mass is 9.87. The van der Waals surface area contributed by atoms with E-state index in [0.717, 1.165) is 11.6 Å². The Bertz CT molecular complexity index is 868. The van der Waals surface area contributed by atoms with Crippen LogP contribution in [0, 0.1) is 22.6 Å². The zero-order valence-corrected chi connectivity index (χ0v) is 15.8. The van der Waals surface area contributed by atoms with Crippen LogP contribution in [0.25, 0.3) is 0 Å². The van der Waals surface area contributed by atoms with Crippen molar-refractivity contribution >= 4 is 5.91 Å². The van der Waals surface area contributed by atoms with Gasteiger partial charge in [0, 0.05) is 12.1 Å². The predicted octanol–water partition coefficient (Wildman–Crippen LogP) is 4.33. The Kier molecular flexibility index (Phi) is 5.29. The Hall–Kier alpha value is -2.71. The summed E-state index contributed by atoms with van der Waals surface area (Å²) in [7, 11) is 0. The number of nitrogens with zero attached hydrogens (tertiary/aromatic N) is 2. The molecule has 5 heteroatoms. The molecule has 1 heterocycles. The molecule has 0 saturated carbocycles. The topological polar surface area (TPSA) is 53.3 Å². The molecule has 2 aromatic rings. The van der Waals surface area contributed by atoms with Gasteiger partial charge < -0.3 is 9.64 Å². The standard InChI is InChI=1S/C22H23FN2O2/c1-22(2,3)20-14-25(13-19(27-20)16-7-5-4-6-8-16)21(26)17-9-15(12-24)10-18(23)11-17/h4-11,19-20H,13-14H2,1-3H3/t19-,20+/m0/s1. The number of carbonyl (C=O) groups excluding carboxylic acids is 1. The first-order valence-electron chi connectivity index (χ1n) is 8.98. The van der Waals surface area contributed by atoms with Crippen LogP contribution in [0.3, 0.4) is 0 Å². The summed E-state index contributed by atoms with van der Waals surface area (Å²) >= 11 is 0. The molecule has 0 spiro atoms. The van der Waals surface area contributed by atoms with Gasteiger partial charge in [0.25, 0.3) is 5.91 Å². The van der Waals surface area contributed by atoms with E-state index >= 15 is 0 Å². The average molecular weight is 366 g/mol. The second-order valence-electron chi connectivity index (χ2n) is 7.94. The van der Waals surface area contributed by atoms with Gasteiger partial charge in [0.1, 0.15) is 11.9 Å². The smallest absolute Gasteiger partial charge is 0.254 e. The van der Waals surface area contributed by atoms with Gasteiger partial charge in [-0.15, -0.1) is 0 Å². The number of amides is 1. The van der Waals surface area contributed by atoms with Crippen LogP contribution in [-0.2, 0) is 4.74 Å². The van der Waals surface area contributed by atoms with Crippen molar-refractivity contribution < 1.29 is 13.9 Å². The zero-order chi connectivity index (χ0) is 19.6. The number of hydrogen-bond donors (Lipinski definition) is 0. The third-order valence-electron chi connectivity index (χ3n) is 4.80. The Morgan fingerprint density at radius 2 is 1.89 bits per heavy atom. The number of nitriles is 1. The number of halogens is 1. The minimum atomic E-state index is -0.586. The van der Waals surface area contributed by atoms with Gasteiger partial charge >= 0.3 is 0 Å². The lowest BCUT2D eigenvalue weighted by molar-refractivity contribution is -0.119. The second kappa shape index (κ2) is 7.50. The monoisotopic (exact) mass is 366 g/mol. The lowest BCUT2D eigenvalue weighted by Crippen LogP contribution is -2.51. The highest BCUT2D eigenvalue weighted by Gasteiger charge is 2.37. The molecule has 0 aliphatic carbocycles. The third kappa shape index (κ3) is 4.35. The summed E-state index contributed by atoms with van der Waals surface area (Å²) in [5.74, 6) is -0.873. The number of carbonyl (C=O) groups is 1. The molecule has 2 aromatic carbocycles. The minimum absolute atomic E-state index is 0.138. The number of morpholine rings is 1. The summed E-state index contributed by atoms with van der Waals surface area (Å²) in [5.41, 5.74) is 1.17. The van der Waals surface area contributed by atoms with Crippen LogP contribution in [0.4, 0.5) is 4.39 Å². The molecule has 1 aliphatic heterocycles. The molecule has 4 nitrogen and oxygen atoms in total. The molecule has 1 aliphatic rings. The summed E-state index contributed by atoms with van der Waals surface area (Å²) in [6, 6.07) is 15.4. The van der Waals surface area contributed by atoms with Gasteiger partial charge in [-0.25, -0.2) is 4.39 Å². The third-order valence-corrected chi connectivity index (χ3v) is 4.80. The van der Waals surface area contributed by atoms with Crippen molar-refractivity contribution in [1.29, 1.82) is 5.26 Å². The normalized spacial score (nSPS) is 20.2. The van der Waals surface area contributed by atoms with Crippen LogP contribution in [0.2, 0.25) is 0 Å². The van der Waals surface area contributed by atoms with Crippen LogP contribution in [0.5, 0.6) is 0 Å². The van der Waals surface area contributed by atoms with Crippen LogP contribution in [0.1, 0.15) is 48.4 Å². The van der Waals surface area contributed by atoms with Gasteiger partial charge in [-0.1, -0.05) is 51.1 Å². The molecule has 0 aromatic heterocycles. The maximum Gasteiger partial charge on any atom is 0.254 e.